The largest absolute Gasteiger partial charge is 0.373 e. The lowest BCUT2D eigenvalue weighted by molar-refractivity contribution is -0.115. The highest BCUT2D eigenvalue weighted by Gasteiger charge is 2.07. The maximum Gasteiger partial charge on any atom is 0.229 e. The molecule has 23 heavy (non-hydrogen) atoms. The highest BCUT2D eigenvalue weighted by atomic mass is 19.1. The molecule has 1 heterocycles. The summed E-state index contributed by atoms with van der Waals surface area (Å²) in [6.07, 6.45) is 4.14. The Kier molecular flexibility index (Phi) is 6.09. The molecule has 0 radical (unpaired) electrons. The van der Waals surface area contributed by atoms with Gasteiger partial charge < -0.3 is 10.2 Å². The van der Waals surface area contributed by atoms with Gasteiger partial charge in [0.2, 0.25) is 5.91 Å². The first-order valence-corrected chi connectivity index (χ1v) is 7.80. The van der Waals surface area contributed by atoms with Crippen LogP contribution >= 0.6 is 0 Å². The Labute approximate surface area is 136 Å². The summed E-state index contributed by atoms with van der Waals surface area (Å²) < 4.78 is 13.1. The number of amides is 1. The van der Waals surface area contributed by atoms with Crippen LogP contribution in [0.3, 0.4) is 0 Å². The zero-order valence-corrected chi connectivity index (χ0v) is 13.6. The first kappa shape index (κ1) is 16.9. The third kappa shape index (κ3) is 5.36. The number of hydrogen-bond acceptors (Lipinski definition) is 3. The van der Waals surface area contributed by atoms with Gasteiger partial charge >= 0.3 is 0 Å². The molecule has 0 saturated heterocycles. The zero-order chi connectivity index (χ0) is 16.7. The minimum absolute atomic E-state index is 0.123. The summed E-state index contributed by atoms with van der Waals surface area (Å²) in [5.74, 6) is -0.0536. The van der Waals surface area contributed by atoms with E-state index in [1.165, 1.54) is 12.1 Å². The number of carbonyl (C=O) groups is 1. The molecule has 0 fully saturated rings. The van der Waals surface area contributed by atoms with Crippen molar-refractivity contribution in [1.29, 1.82) is 0 Å². The second-order valence-corrected chi connectivity index (χ2v) is 5.53. The van der Waals surface area contributed by atoms with Crippen LogP contribution in [0.4, 0.5) is 15.9 Å². The molecule has 4 nitrogen and oxygen atoms in total. The van der Waals surface area contributed by atoms with Gasteiger partial charge in [-0.05, 0) is 36.2 Å². The number of aromatic nitrogens is 1. The van der Waals surface area contributed by atoms with Crippen LogP contribution in [0.2, 0.25) is 0 Å². The summed E-state index contributed by atoms with van der Waals surface area (Å²) in [7, 11) is 2.02. The maximum absolute atomic E-state index is 13.1. The van der Waals surface area contributed by atoms with Crippen molar-refractivity contribution in [1.82, 2.24) is 4.98 Å². The van der Waals surface area contributed by atoms with E-state index in [0.29, 0.717) is 11.4 Å². The Morgan fingerprint density at radius 1 is 1.30 bits per heavy atom. The van der Waals surface area contributed by atoms with Gasteiger partial charge in [0.25, 0.3) is 0 Å². The summed E-state index contributed by atoms with van der Waals surface area (Å²) in [5.41, 5.74) is 1.65. The minimum Gasteiger partial charge on any atom is -0.373 e. The number of nitrogens with one attached hydrogen (secondary N) is 1. The van der Waals surface area contributed by atoms with E-state index in [2.05, 4.69) is 22.1 Å². The lowest BCUT2D eigenvalue weighted by atomic mass is 10.1. The summed E-state index contributed by atoms with van der Waals surface area (Å²) in [6, 6.07) is 9.75. The summed E-state index contributed by atoms with van der Waals surface area (Å²) >= 11 is 0. The number of nitrogens with zero attached hydrogens (tertiary/aromatic N) is 2. The maximum atomic E-state index is 13.1. The molecule has 0 unspecified atom stereocenters. The first-order chi connectivity index (χ1) is 11.1. The van der Waals surface area contributed by atoms with Crippen molar-refractivity contribution in [2.45, 2.75) is 26.2 Å². The Balaban J connectivity index is 1.91. The fourth-order valence-electron chi connectivity index (χ4n) is 2.23. The standard InChI is InChI=1S/C18H22FN3O/c1-3-4-10-22(2)16-8-9-17(20-13-16)21-18(23)12-14-6-5-7-15(19)11-14/h5-9,11,13H,3-4,10,12H2,1-2H3,(H,20,21,23). The fourth-order valence-corrected chi connectivity index (χ4v) is 2.23. The van der Waals surface area contributed by atoms with Crippen LogP contribution in [-0.4, -0.2) is 24.5 Å². The van der Waals surface area contributed by atoms with E-state index in [4.69, 9.17) is 0 Å². The SMILES string of the molecule is CCCCN(C)c1ccc(NC(=O)Cc2cccc(F)c2)nc1. The van der Waals surface area contributed by atoms with Crippen molar-refractivity contribution in [3.05, 3.63) is 54.0 Å². The van der Waals surface area contributed by atoms with Crippen LogP contribution in [0.1, 0.15) is 25.3 Å². The molecule has 0 spiro atoms. The van der Waals surface area contributed by atoms with E-state index in [1.807, 2.05) is 13.1 Å². The van der Waals surface area contributed by atoms with Gasteiger partial charge in [0.05, 0.1) is 18.3 Å². The molecule has 2 aromatic rings. The number of anilines is 2. The van der Waals surface area contributed by atoms with E-state index < -0.39 is 0 Å². The molecule has 0 aliphatic carbocycles. The summed E-state index contributed by atoms with van der Waals surface area (Å²) in [4.78, 5) is 18.4. The van der Waals surface area contributed by atoms with Crippen LogP contribution in [-0.2, 0) is 11.2 Å². The van der Waals surface area contributed by atoms with E-state index in [-0.39, 0.29) is 18.1 Å². The van der Waals surface area contributed by atoms with Crippen molar-refractivity contribution in [3.63, 3.8) is 0 Å². The Morgan fingerprint density at radius 2 is 2.13 bits per heavy atom. The first-order valence-electron chi connectivity index (χ1n) is 7.80. The molecular weight excluding hydrogens is 293 g/mol. The van der Waals surface area contributed by atoms with Crippen LogP contribution in [0.5, 0.6) is 0 Å². The number of rotatable bonds is 7. The second-order valence-electron chi connectivity index (χ2n) is 5.53. The molecule has 122 valence electrons. The van der Waals surface area contributed by atoms with E-state index in [0.717, 1.165) is 25.1 Å². The van der Waals surface area contributed by atoms with Crippen LogP contribution in [0.25, 0.3) is 0 Å². The van der Waals surface area contributed by atoms with Gasteiger partial charge in [-0.2, -0.15) is 0 Å². The van der Waals surface area contributed by atoms with Crippen molar-refractivity contribution in [2.24, 2.45) is 0 Å². The Morgan fingerprint density at radius 3 is 2.78 bits per heavy atom. The summed E-state index contributed by atoms with van der Waals surface area (Å²) in [5, 5.41) is 2.73. The normalized spacial score (nSPS) is 10.4. The molecule has 0 aliphatic heterocycles. The highest BCUT2D eigenvalue weighted by molar-refractivity contribution is 5.91. The van der Waals surface area contributed by atoms with Crippen molar-refractivity contribution >= 4 is 17.4 Å². The molecule has 1 aromatic heterocycles. The van der Waals surface area contributed by atoms with Gasteiger partial charge in [-0.25, -0.2) is 9.37 Å². The quantitative estimate of drug-likeness (QED) is 0.848. The Bertz CT molecular complexity index is 643. The third-order valence-corrected chi connectivity index (χ3v) is 3.56. The molecule has 0 atom stereocenters. The fraction of sp³-hybridized carbons (Fsp3) is 0.333. The lowest BCUT2D eigenvalue weighted by Gasteiger charge is -2.18. The summed E-state index contributed by atoms with van der Waals surface area (Å²) in [6.45, 7) is 3.13. The number of unbranched alkanes of at least 4 members (excludes halogenated alkanes) is 1. The molecule has 5 heteroatoms. The van der Waals surface area contributed by atoms with Crippen LogP contribution in [0.15, 0.2) is 42.6 Å². The van der Waals surface area contributed by atoms with E-state index in [1.54, 1.807) is 24.4 Å². The minimum atomic E-state index is -0.340. The second kappa shape index (κ2) is 8.27. The smallest absolute Gasteiger partial charge is 0.229 e. The van der Waals surface area contributed by atoms with Gasteiger partial charge in [0, 0.05) is 13.6 Å². The number of pyridine rings is 1. The van der Waals surface area contributed by atoms with E-state index in [9.17, 15) is 9.18 Å². The predicted octanol–water partition coefficient (Wildman–Crippen LogP) is 3.64. The van der Waals surface area contributed by atoms with Gasteiger partial charge in [-0.1, -0.05) is 25.5 Å². The Hall–Kier alpha value is -2.43. The average Bonchev–Trinajstić information content (AvgIpc) is 2.53. The van der Waals surface area contributed by atoms with Gasteiger partial charge in [0.15, 0.2) is 0 Å². The molecule has 1 aromatic carbocycles. The topological polar surface area (TPSA) is 45.2 Å². The van der Waals surface area contributed by atoms with E-state index >= 15 is 0 Å². The molecule has 0 aliphatic rings. The number of carbonyl (C=O) groups excluding carboxylic acids is 1. The van der Waals surface area contributed by atoms with Gasteiger partial charge in [0.1, 0.15) is 11.6 Å². The number of halogens is 1. The van der Waals surface area contributed by atoms with Gasteiger partial charge in [-0.15, -0.1) is 0 Å². The third-order valence-electron chi connectivity index (χ3n) is 3.56. The number of benzene rings is 1. The van der Waals surface area contributed by atoms with Crippen LogP contribution < -0.4 is 10.2 Å². The monoisotopic (exact) mass is 315 g/mol. The van der Waals surface area contributed by atoms with Crippen LogP contribution in [0, 0.1) is 5.82 Å². The van der Waals surface area contributed by atoms with Crippen molar-refractivity contribution < 1.29 is 9.18 Å². The molecular formula is C18H22FN3O. The number of hydrogen-bond donors (Lipinski definition) is 1. The molecule has 1 amide bonds. The zero-order valence-electron chi connectivity index (χ0n) is 13.6. The van der Waals surface area contributed by atoms with Crippen molar-refractivity contribution in [2.75, 3.05) is 23.8 Å². The lowest BCUT2D eigenvalue weighted by Crippen LogP contribution is -2.19. The molecule has 0 bridgehead atoms. The van der Waals surface area contributed by atoms with Crippen molar-refractivity contribution in [3.8, 4) is 0 Å². The van der Waals surface area contributed by atoms with Gasteiger partial charge in [-0.3, -0.25) is 4.79 Å². The molecule has 2 rings (SSSR count). The average molecular weight is 315 g/mol. The molecule has 0 saturated carbocycles. The molecule has 1 N–H and O–H groups in total. The highest BCUT2D eigenvalue weighted by Crippen LogP contribution is 2.14. The predicted molar refractivity (Wildman–Crippen MR) is 91.1 cm³/mol.